The molecule has 1 fully saturated rings. The number of benzene rings is 1. The number of phenolic OH excluding ortho intramolecular Hbond substituents is 1. The molecule has 3 N–H and O–H groups in total. The third-order valence-corrected chi connectivity index (χ3v) is 2.16. The largest absolute Gasteiger partial charge is 0.508 e. The summed E-state index contributed by atoms with van der Waals surface area (Å²) in [6.45, 7) is 0. The van der Waals surface area contributed by atoms with Crippen LogP contribution in [0.3, 0.4) is 0 Å². The number of halogens is 1. The van der Waals surface area contributed by atoms with E-state index in [9.17, 15) is 0 Å². The first kappa shape index (κ1) is 9.36. The van der Waals surface area contributed by atoms with Crippen LogP contribution >= 0.6 is 12.4 Å². The summed E-state index contributed by atoms with van der Waals surface area (Å²) in [5.74, 6) is 0.860. The van der Waals surface area contributed by atoms with E-state index < -0.39 is 0 Å². The average Bonchev–Trinajstić information content (AvgIpc) is 2.69. The number of hydrogen-bond acceptors (Lipinski definition) is 2. The van der Waals surface area contributed by atoms with Crippen LogP contribution in [0, 0.1) is 0 Å². The molecule has 2 atom stereocenters. The van der Waals surface area contributed by atoms with Crippen LogP contribution in [0.5, 0.6) is 5.75 Å². The van der Waals surface area contributed by atoms with E-state index in [0.29, 0.717) is 17.7 Å². The van der Waals surface area contributed by atoms with E-state index in [1.807, 2.05) is 12.1 Å². The van der Waals surface area contributed by atoms with Gasteiger partial charge in [0.25, 0.3) is 0 Å². The Hall–Kier alpha value is -0.730. The predicted molar refractivity (Wildman–Crippen MR) is 50.7 cm³/mol. The fraction of sp³-hybridized carbons (Fsp3) is 0.333. The predicted octanol–water partition coefficient (Wildman–Crippen LogP) is 1.63. The molecule has 2 unspecified atom stereocenters. The third-order valence-electron chi connectivity index (χ3n) is 2.16. The van der Waals surface area contributed by atoms with Crippen molar-refractivity contribution in [1.82, 2.24) is 0 Å². The van der Waals surface area contributed by atoms with Crippen LogP contribution < -0.4 is 5.73 Å². The second-order valence-electron chi connectivity index (χ2n) is 3.10. The summed E-state index contributed by atoms with van der Waals surface area (Å²) in [7, 11) is 0. The van der Waals surface area contributed by atoms with Gasteiger partial charge in [0, 0.05) is 12.0 Å². The van der Waals surface area contributed by atoms with Gasteiger partial charge in [-0.3, -0.25) is 0 Å². The van der Waals surface area contributed by atoms with E-state index >= 15 is 0 Å². The number of aromatic hydroxyl groups is 1. The third kappa shape index (κ3) is 1.71. The maximum Gasteiger partial charge on any atom is 0.115 e. The van der Waals surface area contributed by atoms with Gasteiger partial charge in [-0.15, -0.1) is 12.4 Å². The zero-order valence-corrected chi connectivity index (χ0v) is 7.42. The SMILES string of the molecule is Cl.NC1CC1c1ccc(O)cc1. The maximum absolute atomic E-state index is 8.99. The molecule has 1 aliphatic carbocycles. The molecule has 12 heavy (non-hydrogen) atoms. The molecule has 66 valence electrons. The second-order valence-corrected chi connectivity index (χ2v) is 3.10. The van der Waals surface area contributed by atoms with Crippen LogP contribution in [0.1, 0.15) is 17.9 Å². The van der Waals surface area contributed by atoms with E-state index in [2.05, 4.69) is 0 Å². The van der Waals surface area contributed by atoms with Gasteiger partial charge in [0.2, 0.25) is 0 Å². The average molecular weight is 186 g/mol. The molecule has 2 nitrogen and oxygen atoms in total. The van der Waals surface area contributed by atoms with Gasteiger partial charge in [-0.1, -0.05) is 12.1 Å². The number of phenols is 1. The highest BCUT2D eigenvalue weighted by molar-refractivity contribution is 5.85. The van der Waals surface area contributed by atoms with Gasteiger partial charge in [0.05, 0.1) is 0 Å². The Labute approximate surface area is 77.8 Å². The minimum atomic E-state index is 0. The van der Waals surface area contributed by atoms with E-state index in [1.54, 1.807) is 12.1 Å². The molecule has 3 heteroatoms. The minimum absolute atomic E-state index is 0. The molecule has 1 saturated carbocycles. The normalized spacial score (nSPS) is 26.1. The monoisotopic (exact) mass is 185 g/mol. The number of nitrogens with two attached hydrogens (primary N) is 1. The molecule has 0 spiro atoms. The van der Waals surface area contributed by atoms with Crippen molar-refractivity contribution in [2.45, 2.75) is 18.4 Å². The Kier molecular flexibility index (Phi) is 2.60. The van der Waals surface area contributed by atoms with Crippen molar-refractivity contribution >= 4 is 12.4 Å². The van der Waals surface area contributed by atoms with Crippen LogP contribution in [0.25, 0.3) is 0 Å². The first-order chi connectivity index (χ1) is 5.27. The maximum atomic E-state index is 8.99. The fourth-order valence-corrected chi connectivity index (χ4v) is 1.32. The van der Waals surface area contributed by atoms with Crippen molar-refractivity contribution in [2.75, 3.05) is 0 Å². The Bertz CT molecular complexity index is 260. The van der Waals surface area contributed by atoms with Crippen LogP contribution in [0.4, 0.5) is 0 Å². The van der Waals surface area contributed by atoms with E-state index in [-0.39, 0.29) is 12.4 Å². The smallest absolute Gasteiger partial charge is 0.115 e. The molecule has 1 aliphatic rings. The molecule has 2 rings (SSSR count). The molecule has 0 amide bonds. The number of rotatable bonds is 1. The fourth-order valence-electron chi connectivity index (χ4n) is 1.32. The first-order valence-electron chi connectivity index (χ1n) is 3.82. The van der Waals surface area contributed by atoms with Gasteiger partial charge in [0.1, 0.15) is 5.75 Å². The number of hydrogen-bond donors (Lipinski definition) is 2. The van der Waals surface area contributed by atoms with Crippen molar-refractivity contribution in [2.24, 2.45) is 5.73 Å². The summed E-state index contributed by atoms with van der Waals surface area (Å²) < 4.78 is 0. The lowest BCUT2D eigenvalue weighted by Gasteiger charge is -1.97. The van der Waals surface area contributed by atoms with Crippen LogP contribution in [-0.2, 0) is 0 Å². The van der Waals surface area contributed by atoms with Gasteiger partial charge in [-0.2, -0.15) is 0 Å². The molecule has 1 aromatic carbocycles. The van der Waals surface area contributed by atoms with Gasteiger partial charge >= 0.3 is 0 Å². The van der Waals surface area contributed by atoms with Gasteiger partial charge in [-0.25, -0.2) is 0 Å². The lowest BCUT2D eigenvalue weighted by molar-refractivity contribution is 0.475. The molecule has 0 bridgehead atoms. The lowest BCUT2D eigenvalue weighted by atomic mass is 10.1. The van der Waals surface area contributed by atoms with Crippen LogP contribution in [-0.4, -0.2) is 11.1 Å². The van der Waals surface area contributed by atoms with E-state index in [1.165, 1.54) is 5.56 Å². The highest BCUT2D eigenvalue weighted by Crippen LogP contribution is 2.39. The van der Waals surface area contributed by atoms with Crippen molar-refractivity contribution < 1.29 is 5.11 Å². The molecule has 0 aliphatic heterocycles. The van der Waals surface area contributed by atoms with E-state index in [4.69, 9.17) is 10.8 Å². The minimum Gasteiger partial charge on any atom is -0.508 e. The molecule has 1 aromatic rings. The zero-order chi connectivity index (χ0) is 7.84. The zero-order valence-electron chi connectivity index (χ0n) is 6.60. The van der Waals surface area contributed by atoms with Crippen LogP contribution in [0.15, 0.2) is 24.3 Å². The molecular weight excluding hydrogens is 174 g/mol. The second kappa shape index (κ2) is 3.33. The topological polar surface area (TPSA) is 46.2 Å². The molecule has 0 saturated heterocycles. The Balaban J connectivity index is 0.000000720. The summed E-state index contributed by atoms with van der Waals surface area (Å²) >= 11 is 0. The Morgan fingerprint density at radius 2 is 1.75 bits per heavy atom. The summed E-state index contributed by atoms with van der Waals surface area (Å²) in [6, 6.07) is 7.64. The Morgan fingerprint density at radius 1 is 1.25 bits per heavy atom. The van der Waals surface area contributed by atoms with Crippen molar-refractivity contribution in [1.29, 1.82) is 0 Å². The van der Waals surface area contributed by atoms with Crippen molar-refractivity contribution in [3.63, 3.8) is 0 Å². The highest BCUT2D eigenvalue weighted by Gasteiger charge is 2.34. The van der Waals surface area contributed by atoms with Gasteiger partial charge in [-0.05, 0) is 24.1 Å². The Morgan fingerprint density at radius 3 is 2.17 bits per heavy atom. The van der Waals surface area contributed by atoms with Gasteiger partial charge < -0.3 is 10.8 Å². The van der Waals surface area contributed by atoms with E-state index in [0.717, 1.165) is 6.42 Å². The summed E-state index contributed by atoms with van der Waals surface area (Å²) in [6.07, 6.45) is 1.09. The molecule has 0 radical (unpaired) electrons. The van der Waals surface area contributed by atoms with Crippen LogP contribution in [0.2, 0.25) is 0 Å². The molecule has 0 aromatic heterocycles. The summed E-state index contributed by atoms with van der Waals surface area (Å²) in [5.41, 5.74) is 6.92. The van der Waals surface area contributed by atoms with Crippen molar-refractivity contribution in [3.05, 3.63) is 29.8 Å². The summed E-state index contributed by atoms with van der Waals surface area (Å²) in [4.78, 5) is 0. The standard InChI is InChI=1S/C9H11NO.ClH/c10-9-5-8(9)6-1-3-7(11)4-2-6;/h1-4,8-9,11H,5,10H2;1H. The quantitative estimate of drug-likeness (QED) is 0.699. The molecule has 0 heterocycles. The molecular formula is C9H12ClNO. The first-order valence-corrected chi connectivity index (χ1v) is 3.82. The lowest BCUT2D eigenvalue weighted by Crippen LogP contribution is -2.00. The van der Waals surface area contributed by atoms with Crippen molar-refractivity contribution in [3.8, 4) is 5.75 Å². The highest BCUT2D eigenvalue weighted by atomic mass is 35.5. The van der Waals surface area contributed by atoms with Gasteiger partial charge in [0.15, 0.2) is 0 Å². The summed E-state index contributed by atoms with van der Waals surface area (Å²) in [5, 5.41) is 8.99.